The van der Waals surface area contributed by atoms with E-state index in [2.05, 4.69) is 6.07 Å². The molecule has 3 rings (SSSR count). The van der Waals surface area contributed by atoms with Crippen molar-refractivity contribution in [2.75, 3.05) is 0 Å². The number of nitrogens with zero attached hydrogens (tertiary/aromatic N) is 1. The lowest BCUT2D eigenvalue weighted by atomic mass is 9.80. The predicted octanol–water partition coefficient (Wildman–Crippen LogP) is 1.35. The molecule has 0 amide bonds. The van der Waals surface area contributed by atoms with E-state index in [9.17, 15) is 5.02 Å². The summed E-state index contributed by atoms with van der Waals surface area (Å²) >= 11 is 0. The molecule has 98 valence electrons. The third-order valence-electron chi connectivity index (χ3n) is 3.27. The standard InChI is InChI=1S/C15H12BNO3/c17-8-11-1-3-12(4-2-11)9-19-14-5-6-15-13(7-14)10-20-16(15)18/h1-7,18H,9-10H2. The molecule has 0 radical (unpaired) electrons. The van der Waals surface area contributed by atoms with Gasteiger partial charge in [0.15, 0.2) is 0 Å². The molecule has 1 N–H and O–H groups in total. The van der Waals surface area contributed by atoms with E-state index in [4.69, 9.17) is 14.7 Å². The molecule has 0 bridgehead atoms. The zero-order chi connectivity index (χ0) is 13.9. The van der Waals surface area contributed by atoms with E-state index in [1.165, 1.54) is 0 Å². The topological polar surface area (TPSA) is 62.5 Å². The summed E-state index contributed by atoms with van der Waals surface area (Å²) in [4.78, 5) is 0. The number of hydrogen-bond donors (Lipinski definition) is 1. The van der Waals surface area contributed by atoms with Crippen molar-refractivity contribution < 1.29 is 14.4 Å². The van der Waals surface area contributed by atoms with E-state index in [-0.39, 0.29) is 0 Å². The molecule has 5 heteroatoms. The number of rotatable bonds is 3. The van der Waals surface area contributed by atoms with Gasteiger partial charge in [-0.15, -0.1) is 0 Å². The summed E-state index contributed by atoms with van der Waals surface area (Å²) in [5.41, 5.74) is 3.39. The quantitative estimate of drug-likeness (QED) is 0.851. The van der Waals surface area contributed by atoms with Crippen molar-refractivity contribution in [2.24, 2.45) is 0 Å². The van der Waals surface area contributed by atoms with E-state index >= 15 is 0 Å². The van der Waals surface area contributed by atoms with Crippen LogP contribution in [0.1, 0.15) is 16.7 Å². The highest BCUT2D eigenvalue weighted by Crippen LogP contribution is 2.18. The molecular formula is C15H12BNO3. The Kier molecular flexibility index (Phi) is 3.42. The van der Waals surface area contributed by atoms with E-state index in [0.717, 1.165) is 22.3 Å². The molecule has 0 spiro atoms. The van der Waals surface area contributed by atoms with Crippen molar-refractivity contribution >= 4 is 12.6 Å². The van der Waals surface area contributed by atoms with Crippen LogP contribution < -0.4 is 10.2 Å². The zero-order valence-electron chi connectivity index (χ0n) is 10.7. The van der Waals surface area contributed by atoms with Crippen molar-refractivity contribution in [3.05, 3.63) is 59.2 Å². The summed E-state index contributed by atoms with van der Waals surface area (Å²) in [5.74, 6) is 0.741. The largest absolute Gasteiger partial charge is 0.491 e. The van der Waals surface area contributed by atoms with Crippen LogP contribution in [0.2, 0.25) is 0 Å². The summed E-state index contributed by atoms with van der Waals surface area (Å²) in [7, 11) is -0.822. The van der Waals surface area contributed by atoms with Crippen LogP contribution >= 0.6 is 0 Å². The van der Waals surface area contributed by atoms with Gasteiger partial charge in [-0.05, 0) is 40.9 Å². The van der Waals surface area contributed by atoms with E-state index in [1.54, 1.807) is 12.1 Å². The third-order valence-corrected chi connectivity index (χ3v) is 3.27. The Morgan fingerprint density at radius 1 is 1.25 bits per heavy atom. The summed E-state index contributed by atoms with van der Waals surface area (Å²) in [6.45, 7) is 0.846. The van der Waals surface area contributed by atoms with Gasteiger partial charge in [-0.25, -0.2) is 0 Å². The Bertz CT molecular complexity index is 664. The lowest BCUT2D eigenvalue weighted by Crippen LogP contribution is -2.27. The molecule has 0 atom stereocenters. The highest BCUT2D eigenvalue weighted by Gasteiger charge is 2.27. The lowest BCUT2D eigenvalue weighted by molar-refractivity contribution is 0.274. The van der Waals surface area contributed by atoms with Crippen LogP contribution in [0.4, 0.5) is 0 Å². The highest BCUT2D eigenvalue weighted by molar-refractivity contribution is 6.61. The maximum Gasteiger partial charge on any atom is 0.491 e. The second kappa shape index (κ2) is 5.37. The SMILES string of the molecule is N#Cc1ccc(COc2ccc3c(c2)COB3O)cc1. The number of fused-ring (bicyclic) bond motifs is 1. The predicted molar refractivity (Wildman–Crippen MR) is 74.3 cm³/mol. The zero-order valence-corrected chi connectivity index (χ0v) is 10.7. The molecule has 0 aliphatic carbocycles. The first-order valence-corrected chi connectivity index (χ1v) is 6.30. The number of nitriles is 1. The Hall–Kier alpha value is -2.29. The van der Waals surface area contributed by atoms with E-state index < -0.39 is 7.12 Å². The van der Waals surface area contributed by atoms with Crippen molar-refractivity contribution in [1.29, 1.82) is 5.26 Å². The fourth-order valence-corrected chi connectivity index (χ4v) is 2.14. The molecule has 2 aromatic carbocycles. The lowest BCUT2D eigenvalue weighted by Gasteiger charge is -2.08. The molecule has 1 aliphatic rings. The van der Waals surface area contributed by atoms with Crippen molar-refractivity contribution in [3.63, 3.8) is 0 Å². The van der Waals surface area contributed by atoms with Gasteiger partial charge in [-0.1, -0.05) is 18.2 Å². The van der Waals surface area contributed by atoms with Crippen LogP contribution in [-0.2, 0) is 17.9 Å². The third kappa shape index (κ3) is 2.52. The van der Waals surface area contributed by atoms with Crippen molar-refractivity contribution in [1.82, 2.24) is 0 Å². The molecule has 1 heterocycles. The normalized spacial score (nSPS) is 12.9. The van der Waals surface area contributed by atoms with Crippen LogP contribution in [0.25, 0.3) is 0 Å². The van der Waals surface area contributed by atoms with Crippen LogP contribution in [0.3, 0.4) is 0 Å². The van der Waals surface area contributed by atoms with Crippen LogP contribution in [0.5, 0.6) is 5.75 Å². The molecule has 0 unspecified atom stereocenters. The molecule has 2 aromatic rings. The molecule has 20 heavy (non-hydrogen) atoms. The van der Waals surface area contributed by atoms with Gasteiger partial charge in [0.1, 0.15) is 12.4 Å². The summed E-state index contributed by atoms with van der Waals surface area (Å²) in [6, 6.07) is 14.9. The first kappa shape index (κ1) is 12.7. The number of hydrogen-bond acceptors (Lipinski definition) is 4. The van der Waals surface area contributed by atoms with Crippen LogP contribution in [0.15, 0.2) is 42.5 Å². The Morgan fingerprint density at radius 3 is 2.80 bits per heavy atom. The van der Waals surface area contributed by atoms with Gasteiger partial charge in [-0.2, -0.15) is 5.26 Å². The van der Waals surface area contributed by atoms with Crippen LogP contribution in [0, 0.1) is 11.3 Å². The Balaban J connectivity index is 1.68. The summed E-state index contributed by atoms with van der Waals surface area (Å²) in [5, 5.41) is 18.3. The number of benzene rings is 2. The maximum absolute atomic E-state index is 9.54. The minimum Gasteiger partial charge on any atom is -0.489 e. The van der Waals surface area contributed by atoms with Gasteiger partial charge in [0.2, 0.25) is 0 Å². The van der Waals surface area contributed by atoms with E-state index in [0.29, 0.717) is 18.8 Å². The first-order chi connectivity index (χ1) is 9.76. The molecule has 0 saturated heterocycles. The minimum atomic E-state index is -0.822. The molecule has 0 aromatic heterocycles. The second-order valence-corrected chi connectivity index (χ2v) is 4.62. The van der Waals surface area contributed by atoms with Gasteiger partial charge in [0.05, 0.1) is 18.2 Å². The van der Waals surface area contributed by atoms with Gasteiger partial charge >= 0.3 is 7.12 Å². The molecule has 0 saturated carbocycles. The molecular weight excluding hydrogens is 253 g/mol. The smallest absolute Gasteiger partial charge is 0.489 e. The summed E-state index contributed by atoms with van der Waals surface area (Å²) in [6.07, 6.45) is 0. The van der Waals surface area contributed by atoms with E-state index in [1.807, 2.05) is 30.3 Å². The highest BCUT2D eigenvalue weighted by atomic mass is 16.5. The fraction of sp³-hybridized carbons (Fsp3) is 0.133. The molecule has 0 fully saturated rings. The fourth-order valence-electron chi connectivity index (χ4n) is 2.14. The maximum atomic E-state index is 9.54. The number of ether oxygens (including phenoxy) is 1. The average molecular weight is 265 g/mol. The van der Waals surface area contributed by atoms with Gasteiger partial charge in [0, 0.05) is 0 Å². The Morgan fingerprint density at radius 2 is 2.05 bits per heavy atom. The first-order valence-electron chi connectivity index (χ1n) is 6.30. The molecule has 1 aliphatic heterocycles. The summed E-state index contributed by atoms with van der Waals surface area (Å²) < 4.78 is 10.8. The molecule has 4 nitrogen and oxygen atoms in total. The van der Waals surface area contributed by atoms with Crippen molar-refractivity contribution in [2.45, 2.75) is 13.2 Å². The van der Waals surface area contributed by atoms with Gasteiger partial charge in [-0.3, -0.25) is 0 Å². The Labute approximate surface area is 117 Å². The van der Waals surface area contributed by atoms with Gasteiger partial charge < -0.3 is 14.4 Å². The average Bonchev–Trinajstić information content (AvgIpc) is 2.87. The minimum absolute atomic E-state index is 0.407. The van der Waals surface area contributed by atoms with Crippen LogP contribution in [-0.4, -0.2) is 12.1 Å². The van der Waals surface area contributed by atoms with Crippen molar-refractivity contribution in [3.8, 4) is 11.8 Å². The van der Waals surface area contributed by atoms with Gasteiger partial charge in [0.25, 0.3) is 0 Å². The monoisotopic (exact) mass is 265 g/mol. The second-order valence-electron chi connectivity index (χ2n) is 4.62.